The molecule has 0 radical (unpaired) electrons. The van der Waals surface area contributed by atoms with E-state index in [1.165, 1.54) is 0 Å². The van der Waals surface area contributed by atoms with Crippen LogP contribution in [0.25, 0.3) is 0 Å². The van der Waals surface area contributed by atoms with E-state index in [1.54, 1.807) is 6.92 Å². The van der Waals surface area contributed by atoms with Crippen molar-refractivity contribution in [2.24, 2.45) is 0 Å². The van der Waals surface area contributed by atoms with Gasteiger partial charge >= 0.3 is 5.97 Å². The molecule has 4 nitrogen and oxygen atoms in total. The van der Waals surface area contributed by atoms with Crippen LogP contribution in [0.15, 0.2) is 12.2 Å². The minimum Gasteiger partial charge on any atom is -0.460 e. The van der Waals surface area contributed by atoms with E-state index < -0.39 is 0 Å². The molecule has 0 bridgehead atoms. The first-order valence-corrected chi connectivity index (χ1v) is 6.74. The van der Waals surface area contributed by atoms with Crippen molar-refractivity contribution in [3.05, 3.63) is 12.2 Å². The van der Waals surface area contributed by atoms with E-state index in [9.17, 15) is 4.79 Å². The maximum atomic E-state index is 11.1. The molecule has 0 heterocycles. The van der Waals surface area contributed by atoms with Crippen molar-refractivity contribution in [3.8, 4) is 0 Å². The molecule has 18 heavy (non-hydrogen) atoms. The maximum absolute atomic E-state index is 11.1. The Morgan fingerprint density at radius 3 is 2.17 bits per heavy atom. The summed E-state index contributed by atoms with van der Waals surface area (Å²) < 4.78 is 10.4. The third kappa shape index (κ3) is 9.19. The standard InChI is InChI=1S/C14H27NO3/c1-5-7-15(8-6-2)9-10-17-11-12-18-14(16)13(3)4/h3,5-12H2,1-2,4H3. The fourth-order valence-electron chi connectivity index (χ4n) is 1.58. The smallest absolute Gasteiger partial charge is 0.333 e. The molecule has 0 atom stereocenters. The lowest BCUT2D eigenvalue weighted by atomic mass is 10.3. The van der Waals surface area contributed by atoms with Crippen LogP contribution in [0.4, 0.5) is 0 Å². The van der Waals surface area contributed by atoms with Gasteiger partial charge in [-0.1, -0.05) is 20.4 Å². The van der Waals surface area contributed by atoms with Gasteiger partial charge in [-0.2, -0.15) is 0 Å². The largest absolute Gasteiger partial charge is 0.460 e. The lowest BCUT2D eigenvalue weighted by molar-refractivity contribution is -0.140. The van der Waals surface area contributed by atoms with E-state index >= 15 is 0 Å². The van der Waals surface area contributed by atoms with Crippen molar-refractivity contribution in [1.29, 1.82) is 0 Å². The summed E-state index contributed by atoms with van der Waals surface area (Å²) in [7, 11) is 0. The van der Waals surface area contributed by atoms with Crippen LogP contribution in [-0.2, 0) is 14.3 Å². The second-order valence-corrected chi connectivity index (χ2v) is 4.37. The van der Waals surface area contributed by atoms with Crippen LogP contribution >= 0.6 is 0 Å². The first-order chi connectivity index (χ1) is 8.61. The van der Waals surface area contributed by atoms with E-state index in [1.807, 2.05) is 0 Å². The lowest BCUT2D eigenvalue weighted by Gasteiger charge is -2.20. The molecule has 0 aromatic carbocycles. The summed E-state index contributed by atoms with van der Waals surface area (Å²) in [6, 6.07) is 0. The van der Waals surface area contributed by atoms with Gasteiger partial charge in [-0.05, 0) is 32.9 Å². The second-order valence-electron chi connectivity index (χ2n) is 4.37. The van der Waals surface area contributed by atoms with Gasteiger partial charge in [0.05, 0.1) is 13.2 Å². The molecule has 4 heteroatoms. The first kappa shape index (κ1) is 17.1. The van der Waals surface area contributed by atoms with E-state index in [-0.39, 0.29) is 5.97 Å². The molecule has 0 saturated carbocycles. The van der Waals surface area contributed by atoms with Crippen LogP contribution in [0.1, 0.15) is 33.6 Å². The van der Waals surface area contributed by atoms with Gasteiger partial charge in [0, 0.05) is 12.1 Å². The van der Waals surface area contributed by atoms with Crippen LogP contribution < -0.4 is 0 Å². The Labute approximate surface area is 111 Å². The summed E-state index contributed by atoms with van der Waals surface area (Å²) in [5, 5.41) is 0. The summed E-state index contributed by atoms with van der Waals surface area (Å²) in [4.78, 5) is 13.5. The van der Waals surface area contributed by atoms with Gasteiger partial charge in [0.25, 0.3) is 0 Å². The Bertz CT molecular complexity index is 235. The number of rotatable bonds is 11. The third-order valence-electron chi connectivity index (χ3n) is 2.44. The molecule has 0 amide bonds. The highest BCUT2D eigenvalue weighted by molar-refractivity contribution is 5.86. The van der Waals surface area contributed by atoms with Gasteiger partial charge in [-0.3, -0.25) is 0 Å². The molecule has 0 aliphatic rings. The number of hydrogen-bond acceptors (Lipinski definition) is 4. The van der Waals surface area contributed by atoms with Gasteiger partial charge in [0.15, 0.2) is 0 Å². The molecular formula is C14H27NO3. The fourth-order valence-corrected chi connectivity index (χ4v) is 1.58. The monoisotopic (exact) mass is 257 g/mol. The lowest BCUT2D eigenvalue weighted by Crippen LogP contribution is -2.29. The Kier molecular flexibility index (Phi) is 10.7. The molecule has 0 aliphatic carbocycles. The zero-order valence-electron chi connectivity index (χ0n) is 12.0. The second kappa shape index (κ2) is 11.2. The molecule has 0 aromatic rings. The number of carbonyl (C=O) groups is 1. The van der Waals surface area contributed by atoms with Crippen LogP contribution in [-0.4, -0.2) is 50.3 Å². The van der Waals surface area contributed by atoms with Crippen LogP contribution in [0.2, 0.25) is 0 Å². The van der Waals surface area contributed by atoms with Gasteiger partial charge in [0.2, 0.25) is 0 Å². The molecule has 0 saturated heterocycles. The first-order valence-electron chi connectivity index (χ1n) is 6.74. The number of nitrogens with zero attached hydrogens (tertiary/aromatic N) is 1. The van der Waals surface area contributed by atoms with Gasteiger partial charge in [-0.25, -0.2) is 4.79 Å². The molecule has 0 unspecified atom stereocenters. The van der Waals surface area contributed by atoms with Crippen molar-refractivity contribution < 1.29 is 14.3 Å². The molecule has 0 aromatic heterocycles. The van der Waals surface area contributed by atoms with E-state index in [0.29, 0.717) is 25.4 Å². The van der Waals surface area contributed by atoms with Gasteiger partial charge in [0.1, 0.15) is 6.61 Å². The maximum Gasteiger partial charge on any atom is 0.333 e. The predicted octanol–water partition coefficient (Wildman–Crippen LogP) is 2.24. The number of carbonyl (C=O) groups excluding carboxylic acids is 1. The van der Waals surface area contributed by atoms with Gasteiger partial charge < -0.3 is 14.4 Å². The molecule has 0 fully saturated rings. The van der Waals surface area contributed by atoms with E-state index in [2.05, 4.69) is 25.3 Å². The Morgan fingerprint density at radius 2 is 1.67 bits per heavy atom. The highest BCUT2D eigenvalue weighted by Crippen LogP contribution is 1.95. The van der Waals surface area contributed by atoms with Crippen molar-refractivity contribution in [1.82, 2.24) is 4.90 Å². The topological polar surface area (TPSA) is 38.8 Å². The minimum atomic E-state index is -0.350. The van der Waals surface area contributed by atoms with Gasteiger partial charge in [-0.15, -0.1) is 0 Å². The molecule has 0 rings (SSSR count). The van der Waals surface area contributed by atoms with Crippen molar-refractivity contribution in [3.63, 3.8) is 0 Å². The molecular weight excluding hydrogens is 230 g/mol. The Hall–Kier alpha value is -0.870. The van der Waals surface area contributed by atoms with Crippen LogP contribution in [0.3, 0.4) is 0 Å². The average Bonchev–Trinajstić information content (AvgIpc) is 2.33. The summed E-state index contributed by atoms with van der Waals surface area (Å²) >= 11 is 0. The average molecular weight is 257 g/mol. The summed E-state index contributed by atoms with van der Waals surface area (Å²) in [6.45, 7) is 14.1. The van der Waals surface area contributed by atoms with Crippen LogP contribution in [0, 0.1) is 0 Å². The summed E-state index contributed by atoms with van der Waals surface area (Å²) in [6.07, 6.45) is 2.33. The van der Waals surface area contributed by atoms with Crippen molar-refractivity contribution >= 4 is 5.97 Å². The quantitative estimate of drug-likeness (QED) is 0.323. The van der Waals surface area contributed by atoms with E-state index in [4.69, 9.17) is 9.47 Å². The third-order valence-corrected chi connectivity index (χ3v) is 2.44. The zero-order valence-corrected chi connectivity index (χ0v) is 12.0. The zero-order chi connectivity index (χ0) is 13.8. The molecule has 0 spiro atoms. The van der Waals surface area contributed by atoms with Crippen molar-refractivity contribution in [2.45, 2.75) is 33.6 Å². The predicted molar refractivity (Wildman–Crippen MR) is 73.6 cm³/mol. The fraction of sp³-hybridized carbons (Fsp3) is 0.786. The molecule has 106 valence electrons. The summed E-state index contributed by atoms with van der Waals surface area (Å²) in [5.74, 6) is -0.350. The Morgan fingerprint density at radius 1 is 1.06 bits per heavy atom. The van der Waals surface area contributed by atoms with Crippen LogP contribution in [0.5, 0.6) is 0 Å². The number of esters is 1. The minimum absolute atomic E-state index is 0.299. The van der Waals surface area contributed by atoms with Crippen molar-refractivity contribution in [2.75, 3.05) is 39.5 Å². The highest BCUT2D eigenvalue weighted by atomic mass is 16.6. The SMILES string of the molecule is C=C(C)C(=O)OCCOCCN(CCC)CCC. The Balaban J connectivity index is 3.48. The number of hydrogen-bond donors (Lipinski definition) is 0. The normalized spacial score (nSPS) is 10.7. The molecule has 0 aliphatic heterocycles. The number of ether oxygens (including phenoxy) is 2. The van der Waals surface area contributed by atoms with E-state index in [0.717, 1.165) is 32.5 Å². The highest BCUT2D eigenvalue weighted by Gasteiger charge is 2.03. The molecule has 0 N–H and O–H groups in total. The summed E-state index contributed by atoms with van der Waals surface area (Å²) in [5.41, 5.74) is 0.423.